The molecule has 1 saturated carbocycles. The van der Waals surface area contributed by atoms with Crippen LogP contribution >= 0.6 is 0 Å². The molecular formula is C22H28O3. The van der Waals surface area contributed by atoms with E-state index in [1.807, 2.05) is 0 Å². The summed E-state index contributed by atoms with van der Waals surface area (Å²) in [5.74, 6) is 0. The lowest BCUT2D eigenvalue weighted by Crippen LogP contribution is -2.70. The number of hydrogen-bond donors (Lipinski definition) is 0. The fourth-order valence-corrected chi connectivity index (χ4v) is 6.05. The number of ether oxygens (including phenoxy) is 3. The van der Waals surface area contributed by atoms with E-state index in [0.717, 1.165) is 71.2 Å². The van der Waals surface area contributed by atoms with Crippen molar-refractivity contribution in [2.75, 3.05) is 19.8 Å². The Morgan fingerprint density at radius 3 is 2.20 bits per heavy atom. The van der Waals surface area contributed by atoms with Crippen LogP contribution in [0.2, 0.25) is 0 Å². The maximum atomic E-state index is 6.63. The van der Waals surface area contributed by atoms with Crippen molar-refractivity contribution in [1.29, 1.82) is 0 Å². The molecular weight excluding hydrogens is 312 g/mol. The normalized spacial score (nSPS) is 42.3. The third kappa shape index (κ3) is 2.16. The maximum absolute atomic E-state index is 6.63. The fraction of sp³-hybridized carbons (Fsp3) is 0.636. The van der Waals surface area contributed by atoms with E-state index < -0.39 is 0 Å². The zero-order chi connectivity index (χ0) is 16.8. The smallest absolute Gasteiger partial charge is 0.130 e. The molecule has 3 atom stereocenters. The summed E-state index contributed by atoms with van der Waals surface area (Å²) in [4.78, 5) is 0. The Morgan fingerprint density at radius 1 is 0.760 bits per heavy atom. The zero-order valence-electron chi connectivity index (χ0n) is 15.0. The summed E-state index contributed by atoms with van der Waals surface area (Å²) in [5.41, 5.74) is 1.98. The Kier molecular flexibility index (Phi) is 3.81. The van der Waals surface area contributed by atoms with E-state index in [4.69, 9.17) is 14.2 Å². The van der Waals surface area contributed by atoms with Gasteiger partial charge in [-0.2, -0.15) is 0 Å². The van der Waals surface area contributed by atoms with Gasteiger partial charge in [-0.15, -0.1) is 0 Å². The Morgan fingerprint density at radius 2 is 1.52 bits per heavy atom. The van der Waals surface area contributed by atoms with Gasteiger partial charge in [-0.25, -0.2) is 0 Å². The molecule has 1 aromatic carbocycles. The lowest BCUT2D eigenvalue weighted by molar-refractivity contribution is -0.257. The van der Waals surface area contributed by atoms with E-state index in [1.165, 1.54) is 11.1 Å². The molecule has 0 amide bonds. The van der Waals surface area contributed by atoms with Gasteiger partial charge >= 0.3 is 0 Å². The van der Waals surface area contributed by atoms with Gasteiger partial charge < -0.3 is 14.2 Å². The minimum atomic E-state index is -0.290. The molecule has 3 aliphatic heterocycles. The highest BCUT2D eigenvalue weighted by atomic mass is 16.6. The molecule has 134 valence electrons. The lowest BCUT2D eigenvalue weighted by Gasteiger charge is -2.58. The summed E-state index contributed by atoms with van der Waals surface area (Å²) in [6.07, 6.45) is 11.1. The number of benzene rings is 1. The third-order valence-corrected chi connectivity index (χ3v) is 6.99. The minimum Gasteiger partial charge on any atom is -0.372 e. The second-order valence-electron chi connectivity index (χ2n) is 8.08. The van der Waals surface area contributed by atoms with Gasteiger partial charge in [0.2, 0.25) is 0 Å². The molecule has 4 fully saturated rings. The van der Waals surface area contributed by atoms with E-state index in [-0.39, 0.29) is 16.8 Å². The topological polar surface area (TPSA) is 27.7 Å². The highest BCUT2D eigenvalue weighted by molar-refractivity contribution is 5.58. The van der Waals surface area contributed by atoms with E-state index in [2.05, 4.69) is 36.4 Å². The Balaban J connectivity index is 1.64. The Bertz CT molecular complexity index is 645. The van der Waals surface area contributed by atoms with E-state index in [9.17, 15) is 0 Å². The molecule has 0 bridgehead atoms. The fourth-order valence-electron chi connectivity index (χ4n) is 6.05. The number of rotatable bonds is 1. The van der Waals surface area contributed by atoms with Crippen molar-refractivity contribution in [2.24, 2.45) is 0 Å². The molecule has 0 aromatic heterocycles. The van der Waals surface area contributed by atoms with Gasteiger partial charge in [-0.1, -0.05) is 36.4 Å². The van der Waals surface area contributed by atoms with Crippen LogP contribution in [-0.4, -0.2) is 36.6 Å². The molecule has 25 heavy (non-hydrogen) atoms. The van der Waals surface area contributed by atoms with Gasteiger partial charge in [0.15, 0.2) is 0 Å². The standard InChI is InChI=1S/C22H28O3/c1-2-7-18(8-3-1)17-19-9-13-20(10-4-14-23-20)22(12-6-16-25-22)21(19)11-5-15-24-21/h1-3,7-8,17H,4-6,9-16H2/b19-17+/t20-,21-,22-/m0/s1. The summed E-state index contributed by atoms with van der Waals surface area (Å²) < 4.78 is 19.7. The molecule has 1 aliphatic carbocycles. The average Bonchev–Trinajstić information content (AvgIpc) is 3.39. The molecule has 0 radical (unpaired) electrons. The Labute approximate surface area is 150 Å². The molecule has 0 unspecified atom stereocenters. The van der Waals surface area contributed by atoms with Gasteiger partial charge in [0.25, 0.3) is 0 Å². The molecule has 3 saturated heterocycles. The summed E-state index contributed by atoms with van der Waals surface area (Å²) in [6, 6.07) is 10.7. The highest BCUT2D eigenvalue weighted by Crippen LogP contribution is 2.62. The lowest BCUT2D eigenvalue weighted by atomic mass is 9.57. The minimum absolute atomic E-state index is 0.137. The largest absolute Gasteiger partial charge is 0.372 e. The molecule has 3 spiro atoms. The first-order valence-electron chi connectivity index (χ1n) is 9.98. The van der Waals surface area contributed by atoms with Crippen LogP contribution < -0.4 is 0 Å². The summed E-state index contributed by atoms with van der Waals surface area (Å²) >= 11 is 0. The monoisotopic (exact) mass is 340 g/mol. The van der Waals surface area contributed by atoms with Crippen LogP contribution in [0.5, 0.6) is 0 Å². The van der Waals surface area contributed by atoms with Crippen molar-refractivity contribution in [3.8, 4) is 0 Å². The van der Waals surface area contributed by atoms with Gasteiger partial charge in [0.1, 0.15) is 16.8 Å². The predicted octanol–water partition coefficient (Wildman–Crippen LogP) is 4.51. The first-order chi connectivity index (χ1) is 12.3. The van der Waals surface area contributed by atoms with Crippen molar-refractivity contribution in [1.82, 2.24) is 0 Å². The Hall–Kier alpha value is -1.16. The molecule has 5 rings (SSSR count). The van der Waals surface area contributed by atoms with Crippen molar-refractivity contribution in [3.05, 3.63) is 41.5 Å². The van der Waals surface area contributed by atoms with Crippen molar-refractivity contribution in [2.45, 2.75) is 68.2 Å². The van der Waals surface area contributed by atoms with Crippen LogP contribution in [0.4, 0.5) is 0 Å². The molecule has 1 aromatic rings. The van der Waals surface area contributed by atoms with Crippen molar-refractivity contribution < 1.29 is 14.2 Å². The summed E-state index contributed by atoms with van der Waals surface area (Å²) in [5, 5.41) is 0. The molecule has 3 heteroatoms. The van der Waals surface area contributed by atoms with Gasteiger partial charge in [-0.05, 0) is 62.5 Å². The van der Waals surface area contributed by atoms with Crippen LogP contribution in [0.25, 0.3) is 6.08 Å². The molecule has 4 aliphatic rings. The van der Waals surface area contributed by atoms with Crippen LogP contribution in [-0.2, 0) is 14.2 Å². The summed E-state index contributed by atoms with van der Waals surface area (Å²) in [6.45, 7) is 2.56. The highest BCUT2D eigenvalue weighted by Gasteiger charge is 2.71. The molecule has 3 heterocycles. The maximum Gasteiger partial charge on any atom is 0.130 e. The van der Waals surface area contributed by atoms with Gasteiger partial charge in [-0.3, -0.25) is 0 Å². The van der Waals surface area contributed by atoms with Crippen molar-refractivity contribution >= 4 is 6.08 Å². The van der Waals surface area contributed by atoms with E-state index in [1.54, 1.807) is 0 Å². The molecule has 3 nitrogen and oxygen atoms in total. The van der Waals surface area contributed by atoms with Gasteiger partial charge in [0.05, 0.1) is 0 Å². The first-order valence-corrected chi connectivity index (χ1v) is 9.98. The first kappa shape index (κ1) is 16.0. The predicted molar refractivity (Wildman–Crippen MR) is 97.4 cm³/mol. The SMILES string of the molecule is C(=C1/CC[C@@]2(CCCO2)[C@@]2(CCCO2)[C@]12CCCO2)/c1ccccc1. The quantitative estimate of drug-likeness (QED) is 0.753. The second-order valence-corrected chi connectivity index (χ2v) is 8.08. The second kappa shape index (κ2) is 5.94. The van der Waals surface area contributed by atoms with Crippen LogP contribution in [0.15, 0.2) is 35.9 Å². The summed E-state index contributed by atoms with van der Waals surface area (Å²) in [7, 11) is 0. The van der Waals surface area contributed by atoms with Crippen LogP contribution in [0.1, 0.15) is 56.9 Å². The van der Waals surface area contributed by atoms with Crippen LogP contribution in [0, 0.1) is 0 Å². The van der Waals surface area contributed by atoms with Crippen LogP contribution in [0.3, 0.4) is 0 Å². The average molecular weight is 340 g/mol. The zero-order valence-corrected chi connectivity index (χ0v) is 15.0. The van der Waals surface area contributed by atoms with E-state index in [0.29, 0.717) is 0 Å². The molecule has 0 N–H and O–H groups in total. The van der Waals surface area contributed by atoms with Gasteiger partial charge in [0, 0.05) is 19.8 Å². The number of fused-ring (bicyclic) bond motifs is 2. The van der Waals surface area contributed by atoms with E-state index >= 15 is 0 Å². The third-order valence-electron chi connectivity index (χ3n) is 6.99. The number of hydrogen-bond acceptors (Lipinski definition) is 3. The van der Waals surface area contributed by atoms with Crippen molar-refractivity contribution in [3.63, 3.8) is 0 Å².